The molecule has 0 spiro atoms. The third kappa shape index (κ3) is 6.35. The smallest absolute Gasteiger partial charge is 0.344 e. The van der Waals surface area contributed by atoms with Gasteiger partial charge in [0.1, 0.15) is 43.7 Å². The van der Waals surface area contributed by atoms with Crippen molar-refractivity contribution in [3.8, 4) is 0 Å². The minimum absolute atomic E-state index is 0.0986. The van der Waals surface area contributed by atoms with Crippen LogP contribution in [0.4, 0.5) is 5.82 Å². The summed E-state index contributed by atoms with van der Waals surface area (Å²) in [5.74, 6) is -0.286. The van der Waals surface area contributed by atoms with Crippen LogP contribution in [-0.2, 0) is 18.6 Å². The van der Waals surface area contributed by atoms with E-state index in [0.29, 0.717) is 23.5 Å². The lowest BCUT2D eigenvalue weighted by Gasteiger charge is -2.22. The van der Waals surface area contributed by atoms with E-state index in [9.17, 15) is 9.46 Å². The molecular formula is C16H28BN6O5PS2. The minimum Gasteiger partial charge on any atom is -0.382 e. The van der Waals surface area contributed by atoms with E-state index in [-0.39, 0.29) is 23.2 Å². The number of anilines is 1. The number of hydrogen-bond donors (Lipinski definition) is 3. The van der Waals surface area contributed by atoms with Crippen LogP contribution >= 0.6 is 29.2 Å². The van der Waals surface area contributed by atoms with E-state index < -0.39 is 25.7 Å². The maximum atomic E-state index is 12.1. The largest absolute Gasteiger partial charge is 0.382 e. The lowest BCUT2D eigenvalue weighted by molar-refractivity contribution is -0.0500. The molecule has 172 valence electrons. The first-order valence-electron chi connectivity index (χ1n) is 9.71. The highest BCUT2D eigenvalue weighted by atomic mass is 33.1. The zero-order valence-electron chi connectivity index (χ0n) is 17.9. The fraction of sp³-hybridized carbons (Fsp3) is 0.688. The van der Waals surface area contributed by atoms with Crippen LogP contribution in [0.2, 0.25) is 0 Å². The molecule has 0 amide bonds. The highest BCUT2D eigenvalue weighted by molar-refractivity contribution is 8.77. The fourth-order valence-electron chi connectivity index (χ4n) is 2.89. The molecule has 1 aliphatic rings. The fourth-order valence-corrected chi connectivity index (χ4v) is 5.49. The minimum atomic E-state index is -3.95. The van der Waals surface area contributed by atoms with Gasteiger partial charge in [0.05, 0.1) is 19.0 Å². The Morgan fingerprint density at radius 1 is 1.48 bits per heavy atom. The molecule has 15 heteroatoms. The summed E-state index contributed by atoms with van der Waals surface area (Å²) in [6, 6.07) is 0. The van der Waals surface area contributed by atoms with Crippen molar-refractivity contribution in [1.82, 2.24) is 19.5 Å². The van der Waals surface area contributed by atoms with Crippen LogP contribution in [0.3, 0.4) is 0 Å². The first-order chi connectivity index (χ1) is 14.5. The Bertz CT molecular complexity index is 945. The molecule has 11 nitrogen and oxygen atoms in total. The zero-order chi connectivity index (χ0) is 22.8. The van der Waals surface area contributed by atoms with Crippen LogP contribution in [0.1, 0.15) is 33.4 Å². The Kier molecular flexibility index (Phi) is 7.96. The van der Waals surface area contributed by atoms with Crippen molar-refractivity contribution in [2.24, 2.45) is 5.73 Å². The molecule has 5 atom stereocenters. The number of nitrogens with zero attached hydrogens (tertiary/aromatic N) is 4. The van der Waals surface area contributed by atoms with Gasteiger partial charge in [-0.3, -0.25) is 9.13 Å². The number of fused-ring (bicyclic) bond motifs is 1. The molecule has 3 unspecified atom stereocenters. The number of aromatic nitrogens is 4. The topological polar surface area (TPSA) is 161 Å². The molecule has 1 saturated heterocycles. The quantitative estimate of drug-likeness (QED) is 0.144. The van der Waals surface area contributed by atoms with Crippen LogP contribution in [0.15, 0.2) is 12.7 Å². The maximum Gasteiger partial charge on any atom is 0.344 e. The molecular weight excluding hydrogens is 462 g/mol. The Morgan fingerprint density at radius 3 is 2.90 bits per heavy atom. The Hall–Kier alpha value is -0.855. The predicted molar refractivity (Wildman–Crippen MR) is 125 cm³/mol. The van der Waals surface area contributed by atoms with Gasteiger partial charge >= 0.3 is 7.60 Å². The van der Waals surface area contributed by atoms with Crippen LogP contribution in [-0.4, -0.2) is 67.4 Å². The van der Waals surface area contributed by atoms with Crippen LogP contribution < -0.4 is 11.5 Å². The van der Waals surface area contributed by atoms with Gasteiger partial charge in [-0.25, -0.2) is 15.0 Å². The molecule has 1 aliphatic heterocycles. The monoisotopic (exact) mass is 490 g/mol. The standard InChI is InChI=1S/C16H28BN6O5PS2/c1-9(18)29(24,25)27-5-11-10(26-8-30-31-16(2,3)17)4-12(28-11)23-7-22-13-14(19)20-6-21-15(13)23/h6-7,9-12H,4-5,8,17-18H2,1-3H3,(H,24,25)(H2,19,20,21)/t9?,10-,11?,12-/m1/s1. The normalized spacial score (nSPS) is 25.0. The second-order valence-corrected chi connectivity index (χ2v) is 13.5. The third-order valence-corrected chi connectivity index (χ3v) is 9.00. The molecule has 5 N–H and O–H groups in total. The van der Waals surface area contributed by atoms with Crippen molar-refractivity contribution >= 4 is 54.0 Å². The number of nitrogens with two attached hydrogens (primary N) is 2. The van der Waals surface area contributed by atoms with Crippen molar-refractivity contribution in [3.05, 3.63) is 12.7 Å². The van der Waals surface area contributed by atoms with Crippen LogP contribution in [0.5, 0.6) is 0 Å². The molecule has 0 aromatic carbocycles. The molecule has 3 rings (SSSR count). The average Bonchev–Trinajstić information content (AvgIpc) is 3.27. The SMILES string of the molecule is BC(C)(C)SSCO[C@@H]1C[C@H](n2cnc3c(N)ncnc32)OC1COP(=O)(O)C(C)N. The third-order valence-electron chi connectivity index (χ3n) is 4.46. The lowest BCUT2D eigenvalue weighted by Crippen LogP contribution is -2.30. The van der Waals surface area contributed by atoms with E-state index in [4.69, 9.17) is 25.5 Å². The summed E-state index contributed by atoms with van der Waals surface area (Å²) in [7, 11) is 1.49. The van der Waals surface area contributed by atoms with Gasteiger partial charge in [-0.1, -0.05) is 35.4 Å². The summed E-state index contributed by atoms with van der Waals surface area (Å²) in [6.45, 7) is 5.55. The van der Waals surface area contributed by atoms with Crippen molar-refractivity contribution in [3.63, 3.8) is 0 Å². The second kappa shape index (κ2) is 9.96. The van der Waals surface area contributed by atoms with E-state index >= 15 is 0 Å². The molecule has 31 heavy (non-hydrogen) atoms. The number of hydrogen-bond acceptors (Lipinski definition) is 11. The summed E-state index contributed by atoms with van der Waals surface area (Å²) in [5, 5.41) is 0. The highest BCUT2D eigenvalue weighted by Crippen LogP contribution is 2.46. The van der Waals surface area contributed by atoms with E-state index in [0.717, 1.165) is 0 Å². The Balaban J connectivity index is 1.72. The molecule has 0 saturated carbocycles. The summed E-state index contributed by atoms with van der Waals surface area (Å²) >= 11 is 0. The van der Waals surface area contributed by atoms with Gasteiger partial charge in [-0.15, -0.1) is 0 Å². The van der Waals surface area contributed by atoms with Gasteiger partial charge in [-0.2, -0.15) is 0 Å². The summed E-state index contributed by atoms with van der Waals surface area (Å²) in [4.78, 5) is 22.4. The molecule has 0 bridgehead atoms. The van der Waals surface area contributed by atoms with Crippen LogP contribution in [0.25, 0.3) is 11.2 Å². The van der Waals surface area contributed by atoms with E-state index in [1.807, 2.05) is 0 Å². The van der Waals surface area contributed by atoms with Gasteiger partial charge < -0.3 is 30.4 Å². The molecule has 3 heterocycles. The molecule has 2 aromatic heterocycles. The van der Waals surface area contributed by atoms with E-state index in [1.54, 1.807) is 32.5 Å². The predicted octanol–water partition coefficient (Wildman–Crippen LogP) is 1.30. The van der Waals surface area contributed by atoms with Crippen molar-refractivity contribution in [2.75, 3.05) is 18.3 Å². The van der Waals surface area contributed by atoms with E-state index in [2.05, 4.69) is 36.6 Å². The second-order valence-electron chi connectivity index (χ2n) is 8.18. The first-order valence-corrected chi connectivity index (χ1v) is 13.7. The average molecular weight is 490 g/mol. The van der Waals surface area contributed by atoms with Crippen molar-refractivity contribution in [2.45, 2.75) is 56.1 Å². The van der Waals surface area contributed by atoms with Crippen molar-refractivity contribution < 1.29 is 23.5 Å². The van der Waals surface area contributed by atoms with Gasteiger partial charge in [0.15, 0.2) is 11.5 Å². The molecule has 1 fully saturated rings. The highest BCUT2D eigenvalue weighted by Gasteiger charge is 2.40. The molecule has 0 radical (unpaired) electrons. The summed E-state index contributed by atoms with van der Waals surface area (Å²) in [6.07, 6.45) is 2.06. The summed E-state index contributed by atoms with van der Waals surface area (Å²) in [5.41, 5.74) is 12.5. The van der Waals surface area contributed by atoms with Gasteiger partial charge in [0.2, 0.25) is 0 Å². The number of nitrogen functional groups attached to an aromatic ring is 1. The maximum absolute atomic E-state index is 12.1. The molecule has 0 aliphatic carbocycles. The summed E-state index contributed by atoms with van der Waals surface area (Å²) < 4.78 is 31.4. The lowest BCUT2D eigenvalue weighted by atomic mass is 9.91. The van der Waals surface area contributed by atoms with Crippen molar-refractivity contribution in [1.29, 1.82) is 0 Å². The van der Waals surface area contributed by atoms with Gasteiger partial charge in [0, 0.05) is 6.42 Å². The first kappa shape index (κ1) is 24.8. The Morgan fingerprint density at radius 2 is 2.23 bits per heavy atom. The number of imidazole rings is 1. The zero-order valence-corrected chi connectivity index (χ0v) is 20.4. The van der Waals surface area contributed by atoms with Gasteiger partial charge in [0.25, 0.3) is 0 Å². The number of rotatable bonds is 10. The number of ether oxygens (including phenoxy) is 2. The van der Waals surface area contributed by atoms with E-state index in [1.165, 1.54) is 13.3 Å². The molecule has 2 aromatic rings. The van der Waals surface area contributed by atoms with Crippen LogP contribution in [0, 0.1) is 0 Å². The Labute approximate surface area is 189 Å². The van der Waals surface area contributed by atoms with Gasteiger partial charge in [-0.05, 0) is 11.6 Å².